The Morgan fingerprint density at radius 2 is 1.73 bits per heavy atom. The van der Waals surface area contributed by atoms with E-state index in [-0.39, 0.29) is 18.7 Å². The molecule has 11 heteroatoms. The molecule has 1 aliphatic rings. The van der Waals surface area contributed by atoms with Crippen molar-refractivity contribution in [3.63, 3.8) is 0 Å². The first kappa shape index (κ1) is 28.3. The first-order chi connectivity index (χ1) is 17.4. The van der Waals surface area contributed by atoms with Crippen molar-refractivity contribution in [1.29, 1.82) is 0 Å². The predicted molar refractivity (Wildman–Crippen MR) is 131 cm³/mol. The third-order valence-corrected chi connectivity index (χ3v) is 5.64. The van der Waals surface area contributed by atoms with Gasteiger partial charge in [-0.2, -0.15) is 0 Å². The normalized spacial score (nSPS) is 23.8. The van der Waals surface area contributed by atoms with Crippen molar-refractivity contribution in [1.82, 2.24) is 15.0 Å². The number of ether oxygens (including phenoxy) is 5. The zero-order valence-electron chi connectivity index (χ0n) is 22.3. The fourth-order valence-electron chi connectivity index (χ4n) is 4.28. The molecular weight excluding hydrogens is 482 g/mol. The molecule has 0 spiro atoms. The maximum atomic E-state index is 12.1. The molecule has 3 rings (SSSR count). The van der Waals surface area contributed by atoms with Gasteiger partial charge in [-0.05, 0) is 39.8 Å². The van der Waals surface area contributed by atoms with E-state index in [1.807, 2.05) is 45.0 Å². The number of benzene rings is 1. The molecule has 0 radical (unpaired) electrons. The molecule has 2 aromatic rings. The maximum Gasteiger partial charge on any atom is 0.303 e. The Morgan fingerprint density at radius 3 is 2.32 bits per heavy atom. The molecule has 1 unspecified atom stereocenters. The number of aromatic nitrogens is 3. The van der Waals surface area contributed by atoms with E-state index in [2.05, 4.69) is 10.3 Å². The van der Waals surface area contributed by atoms with Gasteiger partial charge in [0, 0.05) is 25.8 Å². The number of esters is 2. The lowest BCUT2D eigenvalue weighted by atomic mass is 9.86. The van der Waals surface area contributed by atoms with E-state index >= 15 is 0 Å². The lowest BCUT2D eigenvalue weighted by Gasteiger charge is -2.46. The first-order valence-electron chi connectivity index (χ1n) is 12.1. The van der Waals surface area contributed by atoms with Crippen LogP contribution in [0.4, 0.5) is 0 Å². The standard InChI is InChI=1S/C26H35N3O8/c1-15(30)11-20-23(34-16(2)31)24(35-17(3)32)22(36-25(20)37-26(4,5)6)14-29-13-21(27-28-29)18-9-8-10-19(12-18)33-7/h8-10,12-13,20,22-25H,11,14H2,1-7H3/t20-,22-,23-,24+,25?/m1/s1. The number of hydrogen-bond acceptors (Lipinski definition) is 10. The largest absolute Gasteiger partial charge is 0.497 e. The molecule has 1 aromatic carbocycles. The molecule has 1 fully saturated rings. The molecule has 0 amide bonds. The Labute approximate surface area is 216 Å². The van der Waals surface area contributed by atoms with Gasteiger partial charge in [-0.3, -0.25) is 9.59 Å². The van der Waals surface area contributed by atoms with Crippen molar-refractivity contribution in [2.24, 2.45) is 5.92 Å². The molecule has 1 aliphatic heterocycles. The van der Waals surface area contributed by atoms with Crippen molar-refractivity contribution < 1.29 is 38.1 Å². The Balaban J connectivity index is 1.96. The van der Waals surface area contributed by atoms with Gasteiger partial charge in [0.15, 0.2) is 12.4 Å². The summed E-state index contributed by atoms with van der Waals surface area (Å²) < 4.78 is 30.6. The van der Waals surface area contributed by atoms with Gasteiger partial charge in [0.25, 0.3) is 0 Å². The summed E-state index contributed by atoms with van der Waals surface area (Å²) in [7, 11) is 1.58. The number of carbonyl (C=O) groups is 3. The second kappa shape index (κ2) is 11.8. The summed E-state index contributed by atoms with van der Waals surface area (Å²) in [5.74, 6) is -1.31. The fourth-order valence-corrected chi connectivity index (χ4v) is 4.28. The Bertz CT molecular complexity index is 1110. The van der Waals surface area contributed by atoms with E-state index in [0.29, 0.717) is 11.4 Å². The lowest BCUT2D eigenvalue weighted by molar-refractivity contribution is -0.308. The monoisotopic (exact) mass is 517 g/mol. The molecule has 37 heavy (non-hydrogen) atoms. The molecule has 0 aliphatic carbocycles. The highest BCUT2D eigenvalue weighted by molar-refractivity contribution is 5.76. The summed E-state index contributed by atoms with van der Waals surface area (Å²) in [6.07, 6.45) is -1.97. The van der Waals surface area contributed by atoms with Crippen molar-refractivity contribution in [2.75, 3.05) is 7.11 Å². The van der Waals surface area contributed by atoms with Crippen LogP contribution < -0.4 is 4.74 Å². The number of methoxy groups -OCH3 is 1. The van der Waals surface area contributed by atoms with Crippen LogP contribution in [0.1, 0.15) is 48.0 Å². The third kappa shape index (κ3) is 7.83. The minimum absolute atomic E-state index is 0.00644. The highest BCUT2D eigenvalue weighted by Crippen LogP contribution is 2.36. The van der Waals surface area contributed by atoms with Crippen LogP contribution in [0, 0.1) is 5.92 Å². The third-order valence-electron chi connectivity index (χ3n) is 5.64. The molecule has 202 valence electrons. The molecule has 2 heterocycles. The van der Waals surface area contributed by atoms with Gasteiger partial charge < -0.3 is 28.5 Å². The van der Waals surface area contributed by atoms with E-state index in [9.17, 15) is 14.4 Å². The van der Waals surface area contributed by atoms with Gasteiger partial charge in [-0.15, -0.1) is 5.10 Å². The highest BCUT2D eigenvalue weighted by Gasteiger charge is 2.51. The van der Waals surface area contributed by atoms with E-state index in [1.165, 1.54) is 20.8 Å². The quantitative estimate of drug-likeness (QED) is 0.458. The van der Waals surface area contributed by atoms with Crippen LogP contribution in [-0.2, 0) is 39.9 Å². The molecule has 1 aromatic heterocycles. The van der Waals surface area contributed by atoms with Crippen LogP contribution in [0.25, 0.3) is 11.3 Å². The Hall–Kier alpha value is -3.31. The van der Waals surface area contributed by atoms with Crippen molar-refractivity contribution >= 4 is 17.7 Å². The first-order valence-corrected chi connectivity index (χ1v) is 12.1. The zero-order valence-corrected chi connectivity index (χ0v) is 22.3. The zero-order chi connectivity index (χ0) is 27.3. The maximum absolute atomic E-state index is 12.1. The van der Waals surface area contributed by atoms with Crippen LogP contribution >= 0.6 is 0 Å². The van der Waals surface area contributed by atoms with Crippen LogP contribution in [-0.4, -0.2) is 70.0 Å². The molecule has 1 saturated heterocycles. The van der Waals surface area contributed by atoms with Gasteiger partial charge >= 0.3 is 11.9 Å². The summed E-state index contributed by atoms with van der Waals surface area (Å²) >= 11 is 0. The number of hydrogen-bond donors (Lipinski definition) is 0. The summed E-state index contributed by atoms with van der Waals surface area (Å²) in [5.41, 5.74) is 0.777. The van der Waals surface area contributed by atoms with Gasteiger partial charge in [-0.25, -0.2) is 4.68 Å². The number of nitrogens with zero attached hydrogens (tertiary/aromatic N) is 3. The molecule has 5 atom stereocenters. The molecule has 0 saturated carbocycles. The predicted octanol–water partition coefficient (Wildman–Crippen LogP) is 2.95. The average Bonchev–Trinajstić information content (AvgIpc) is 3.25. The minimum atomic E-state index is -1.00. The van der Waals surface area contributed by atoms with Gasteiger partial charge in [0.05, 0.1) is 31.4 Å². The second-order valence-corrected chi connectivity index (χ2v) is 10.0. The van der Waals surface area contributed by atoms with E-state index in [4.69, 9.17) is 23.7 Å². The van der Waals surface area contributed by atoms with Gasteiger partial charge in [-0.1, -0.05) is 17.3 Å². The van der Waals surface area contributed by atoms with Crippen LogP contribution in [0.3, 0.4) is 0 Å². The van der Waals surface area contributed by atoms with E-state index in [0.717, 1.165) is 5.56 Å². The van der Waals surface area contributed by atoms with Crippen LogP contribution in [0.15, 0.2) is 30.5 Å². The topological polar surface area (TPSA) is 128 Å². The van der Waals surface area contributed by atoms with Crippen LogP contribution in [0.2, 0.25) is 0 Å². The minimum Gasteiger partial charge on any atom is -0.497 e. The number of ketones is 1. The highest BCUT2D eigenvalue weighted by atomic mass is 16.7. The number of carbonyl (C=O) groups excluding carboxylic acids is 3. The number of Topliss-reactive ketones (excluding diaryl/α,β-unsaturated/α-hetero) is 1. The number of rotatable bonds is 9. The Morgan fingerprint density at radius 1 is 1.05 bits per heavy atom. The molecule has 0 bridgehead atoms. The molecule has 11 nitrogen and oxygen atoms in total. The lowest BCUT2D eigenvalue weighted by Crippen LogP contribution is -2.60. The summed E-state index contributed by atoms with van der Waals surface area (Å²) in [4.78, 5) is 36.3. The van der Waals surface area contributed by atoms with Gasteiger partial charge in [0.1, 0.15) is 29.4 Å². The van der Waals surface area contributed by atoms with E-state index in [1.54, 1.807) is 18.0 Å². The summed E-state index contributed by atoms with van der Waals surface area (Å²) in [6, 6.07) is 7.40. The average molecular weight is 518 g/mol. The SMILES string of the molecule is COc1cccc(-c2cn(C[C@H]3OC(OC(C)(C)C)[C@H](CC(C)=O)[C@@H](OC(C)=O)[C@H]3OC(C)=O)nn2)c1. The molecule has 0 N–H and O–H groups in total. The smallest absolute Gasteiger partial charge is 0.303 e. The fraction of sp³-hybridized carbons (Fsp3) is 0.577. The second-order valence-electron chi connectivity index (χ2n) is 10.0. The summed E-state index contributed by atoms with van der Waals surface area (Å²) in [6.45, 7) is 9.63. The molecular formula is C26H35N3O8. The Kier molecular flexibility index (Phi) is 9.03. The van der Waals surface area contributed by atoms with Crippen LogP contribution in [0.5, 0.6) is 5.75 Å². The van der Waals surface area contributed by atoms with E-state index < -0.39 is 48.1 Å². The van der Waals surface area contributed by atoms with Crippen molar-refractivity contribution in [2.45, 2.75) is 84.7 Å². The van der Waals surface area contributed by atoms with Crippen molar-refractivity contribution in [3.05, 3.63) is 30.5 Å². The van der Waals surface area contributed by atoms with Gasteiger partial charge in [0.2, 0.25) is 0 Å². The van der Waals surface area contributed by atoms with Crippen molar-refractivity contribution in [3.8, 4) is 17.0 Å². The summed E-state index contributed by atoms with van der Waals surface area (Å²) in [5, 5.41) is 8.46.